The van der Waals surface area contributed by atoms with Crippen molar-refractivity contribution in [3.05, 3.63) is 0 Å². The first-order valence-electron chi connectivity index (χ1n) is 5.08. The van der Waals surface area contributed by atoms with Crippen LogP contribution in [0.3, 0.4) is 0 Å². The highest BCUT2D eigenvalue weighted by Crippen LogP contribution is 2.03. The topological polar surface area (TPSA) is 67.2 Å². The Morgan fingerprint density at radius 3 is 2.62 bits per heavy atom. The van der Waals surface area contributed by atoms with Crippen LogP contribution in [0.5, 0.6) is 0 Å². The van der Waals surface area contributed by atoms with Crippen molar-refractivity contribution in [2.24, 2.45) is 0 Å². The smallest absolute Gasteiger partial charge is 0.244 e. The van der Waals surface area contributed by atoms with Crippen molar-refractivity contribution < 1.29 is 4.79 Å². The molecule has 0 saturated carbocycles. The molecule has 0 atom stereocenters. The Balaban J connectivity index is 1.91. The molecule has 1 amide bonds. The summed E-state index contributed by atoms with van der Waals surface area (Å²) < 4.78 is 1.39. The normalized spacial score (nSPS) is 17.8. The highest BCUT2D eigenvalue weighted by molar-refractivity contribution is 7.80. The minimum Gasteiger partial charge on any atom is -0.339 e. The maximum atomic E-state index is 11.9. The number of aromatic nitrogens is 4. The fourth-order valence-electron chi connectivity index (χ4n) is 1.59. The number of hydrogen-bond donors (Lipinski definition) is 1. The van der Waals surface area contributed by atoms with Crippen molar-refractivity contribution in [3.63, 3.8) is 0 Å². The van der Waals surface area contributed by atoms with Gasteiger partial charge < -0.3 is 9.80 Å². The van der Waals surface area contributed by atoms with Crippen molar-refractivity contribution in [1.29, 1.82) is 0 Å². The van der Waals surface area contributed by atoms with Crippen molar-refractivity contribution in [2.45, 2.75) is 11.7 Å². The molecule has 0 N–H and O–H groups in total. The van der Waals surface area contributed by atoms with Gasteiger partial charge in [-0.2, -0.15) is 0 Å². The van der Waals surface area contributed by atoms with Gasteiger partial charge in [0.2, 0.25) is 11.1 Å². The van der Waals surface area contributed by atoms with Crippen molar-refractivity contribution in [3.8, 4) is 0 Å². The van der Waals surface area contributed by atoms with Gasteiger partial charge in [0.1, 0.15) is 6.54 Å². The van der Waals surface area contributed by atoms with Gasteiger partial charge in [0.15, 0.2) is 0 Å². The van der Waals surface area contributed by atoms with Crippen LogP contribution >= 0.6 is 12.6 Å². The Kier molecular flexibility index (Phi) is 3.39. The second kappa shape index (κ2) is 4.79. The van der Waals surface area contributed by atoms with Crippen LogP contribution in [0.4, 0.5) is 0 Å². The highest BCUT2D eigenvalue weighted by Gasteiger charge is 2.20. The summed E-state index contributed by atoms with van der Waals surface area (Å²) in [7, 11) is 2.05. The standard InChI is InChI=1S/C8H14N6OS/c1-12-2-4-13(5-3-12)7(15)6-14-8(16)9-10-11-14/h2-6H2,1H3,(H,9,11,16). The second-order valence-electron chi connectivity index (χ2n) is 3.82. The first-order chi connectivity index (χ1) is 7.66. The SMILES string of the molecule is CN1CCN(C(=O)Cn2nnnc2S)CC1. The van der Waals surface area contributed by atoms with E-state index >= 15 is 0 Å². The molecule has 1 aromatic heterocycles. The van der Waals surface area contributed by atoms with Crippen LogP contribution in [0.1, 0.15) is 0 Å². The lowest BCUT2D eigenvalue weighted by atomic mass is 10.3. The van der Waals surface area contributed by atoms with Gasteiger partial charge in [0.25, 0.3) is 0 Å². The summed E-state index contributed by atoms with van der Waals surface area (Å²) in [5, 5.41) is 11.1. The van der Waals surface area contributed by atoms with Crippen molar-refractivity contribution in [2.75, 3.05) is 33.2 Å². The molecule has 0 aliphatic carbocycles. The van der Waals surface area contributed by atoms with Gasteiger partial charge in [0, 0.05) is 26.2 Å². The number of rotatable bonds is 2. The van der Waals surface area contributed by atoms with Gasteiger partial charge in [-0.15, -0.1) is 17.7 Å². The summed E-state index contributed by atoms with van der Waals surface area (Å²) in [6.45, 7) is 3.51. The zero-order valence-corrected chi connectivity index (χ0v) is 9.97. The number of amides is 1. The highest BCUT2D eigenvalue weighted by atomic mass is 32.1. The molecule has 7 nitrogen and oxygen atoms in total. The minimum atomic E-state index is 0.0377. The number of hydrogen-bond acceptors (Lipinski definition) is 6. The first kappa shape index (κ1) is 11.3. The van der Waals surface area contributed by atoms with E-state index in [4.69, 9.17) is 0 Å². The van der Waals surface area contributed by atoms with Crippen LogP contribution < -0.4 is 0 Å². The second-order valence-corrected chi connectivity index (χ2v) is 4.22. The average Bonchev–Trinajstić information content (AvgIpc) is 2.65. The molecule has 2 rings (SSSR count). The molecule has 1 saturated heterocycles. The van der Waals surface area contributed by atoms with Gasteiger partial charge in [0.05, 0.1) is 0 Å². The number of nitrogens with zero attached hydrogens (tertiary/aromatic N) is 6. The lowest BCUT2D eigenvalue weighted by molar-refractivity contribution is -0.133. The molecule has 2 heterocycles. The van der Waals surface area contributed by atoms with Crippen LogP contribution in [-0.4, -0.2) is 69.1 Å². The van der Waals surface area contributed by atoms with E-state index in [1.165, 1.54) is 4.68 Å². The molecule has 1 aliphatic rings. The number of carbonyl (C=O) groups is 1. The summed E-state index contributed by atoms with van der Waals surface area (Å²) >= 11 is 4.05. The maximum absolute atomic E-state index is 11.9. The Bertz CT molecular complexity index is 372. The molecule has 0 unspecified atom stereocenters. The van der Waals surface area contributed by atoms with Gasteiger partial charge >= 0.3 is 0 Å². The largest absolute Gasteiger partial charge is 0.339 e. The van der Waals surface area contributed by atoms with Crippen molar-refractivity contribution >= 4 is 18.5 Å². The average molecular weight is 242 g/mol. The third kappa shape index (κ3) is 2.50. The van der Waals surface area contributed by atoms with Crippen LogP contribution in [0, 0.1) is 0 Å². The molecule has 8 heteroatoms. The zero-order chi connectivity index (χ0) is 11.5. The molecule has 88 valence electrons. The Morgan fingerprint density at radius 2 is 2.06 bits per heavy atom. The number of carbonyl (C=O) groups excluding carboxylic acids is 1. The summed E-state index contributed by atoms with van der Waals surface area (Å²) in [6.07, 6.45) is 0. The zero-order valence-electron chi connectivity index (χ0n) is 9.07. The van der Waals surface area contributed by atoms with E-state index in [0.29, 0.717) is 5.16 Å². The predicted octanol–water partition coefficient (Wildman–Crippen LogP) is -1.26. The van der Waals surface area contributed by atoms with Crippen LogP contribution in [0.15, 0.2) is 5.16 Å². The fourth-order valence-corrected chi connectivity index (χ4v) is 1.74. The summed E-state index contributed by atoms with van der Waals surface area (Å²) in [5.74, 6) is 0.0377. The number of piperazine rings is 1. The fraction of sp³-hybridized carbons (Fsp3) is 0.750. The third-order valence-corrected chi connectivity index (χ3v) is 2.97. The summed E-state index contributed by atoms with van der Waals surface area (Å²) in [5.41, 5.74) is 0. The Labute approximate surface area is 98.8 Å². The molecule has 16 heavy (non-hydrogen) atoms. The van der Waals surface area contributed by atoms with E-state index in [9.17, 15) is 4.79 Å². The molecule has 1 aromatic rings. The van der Waals surface area contributed by atoms with Gasteiger partial charge in [-0.05, 0) is 17.5 Å². The number of likely N-dealkylation sites (N-methyl/N-ethyl adjacent to an activating group) is 1. The quantitative estimate of drug-likeness (QED) is 0.655. The Hall–Kier alpha value is -1.15. The van der Waals surface area contributed by atoms with Gasteiger partial charge in [-0.1, -0.05) is 0 Å². The van der Waals surface area contributed by atoms with Crippen LogP contribution in [0.2, 0.25) is 0 Å². The first-order valence-corrected chi connectivity index (χ1v) is 5.53. The molecule has 0 aromatic carbocycles. The maximum Gasteiger partial charge on any atom is 0.244 e. The molecular weight excluding hydrogens is 228 g/mol. The van der Waals surface area contributed by atoms with Crippen LogP contribution in [0.25, 0.3) is 0 Å². The third-order valence-electron chi connectivity index (χ3n) is 2.65. The van der Waals surface area contributed by atoms with E-state index in [-0.39, 0.29) is 12.5 Å². The lowest BCUT2D eigenvalue weighted by Crippen LogP contribution is -2.48. The molecule has 1 fully saturated rings. The van der Waals surface area contributed by atoms with E-state index in [0.717, 1.165) is 26.2 Å². The predicted molar refractivity (Wildman–Crippen MR) is 59.1 cm³/mol. The van der Waals surface area contributed by atoms with E-state index in [1.54, 1.807) is 0 Å². The van der Waals surface area contributed by atoms with E-state index in [2.05, 4.69) is 40.1 Å². The summed E-state index contributed by atoms with van der Waals surface area (Å²) in [6, 6.07) is 0. The van der Waals surface area contributed by atoms with Gasteiger partial charge in [-0.25, -0.2) is 4.68 Å². The molecular formula is C8H14N6OS. The molecule has 0 spiro atoms. The lowest BCUT2D eigenvalue weighted by Gasteiger charge is -2.32. The molecule has 1 aliphatic heterocycles. The Morgan fingerprint density at radius 1 is 1.38 bits per heavy atom. The monoisotopic (exact) mass is 242 g/mol. The van der Waals surface area contributed by atoms with E-state index in [1.807, 2.05) is 4.90 Å². The summed E-state index contributed by atoms with van der Waals surface area (Å²) in [4.78, 5) is 15.9. The molecule has 0 radical (unpaired) electrons. The molecule has 0 bridgehead atoms. The van der Waals surface area contributed by atoms with Crippen molar-refractivity contribution in [1.82, 2.24) is 30.0 Å². The van der Waals surface area contributed by atoms with E-state index < -0.39 is 0 Å². The van der Waals surface area contributed by atoms with Crippen LogP contribution in [-0.2, 0) is 11.3 Å². The number of tetrazole rings is 1. The minimum absolute atomic E-state index is 0.0377. The van der Waals surface area contributed by atoms with Gasteiger partial charge in [-0.3, -0.25) is 4.79 Å². The number of thiol groups is 1.